The maximum Gasteiger partial charge on any atom is 0.425 e. The first-order valence-electron chi connectivity index (χ1n) is 9.09. The summed E-state index contributed by atoms with van der Waals surface area (Å²) in [5.41, 5.74) is -7.80. The van der Waals surface area contributed by atoms with Gasteiger partial charge in [0, 0.05) is 0 Å². The van der Waals surface area contributed by atoms with Crippen molar-refractivity contribution in [1.82, 2.24) is 14.9 Å². The normalized spacial score (nSPS) is 17.4. The Morgan fingerprint density at radius 3 is 2.21 bits per heavy atom. The summed E-state index contributed by atoms with van der Waals surface area (Å²) in [5, 5.41) is 3.36. The van der Waals surface area contributed by atoms with Gasteiger partial charge in [0.25, 0.3) is 22.9 Å². The van der Waals surface area contributed by atoms with Gasteiger partial charge in [0.1, 0.15) is 23.0 Å². The number of aromatic amines is 1. The highest BCUT2D eigenvalue weighted by Gasteiger charge is 2.68. The van der Waals surface area contributed by atoms with E-state index in [4.69, 9.17) is 12.2 Å². The number of nitrogens with one attached hydrogen (secondary N) is 3. The Balaban J connectivity index is 2.01. The molecule has 1 atom stereocenters. The Kier molecular flexibility index (Phi) is 5.16. The van der Waals surface area contributed by atoms with Crippen LogP contribution in [0.25, 0.3) is 5.69 Å². The number of benzene rings is 2. The van der Waals surface area contributed by atoms with Gasteiger partial charge < -0.3 is 10.6 Å². The number of aromatic nitrogens is 2. The fraction of sp³-hybridized carbons (Fsp3) is 0.100. The first-order valence-corrected chi connectivity index (χ1v) is 9.50. The van der Waals surface area contributed by atoms with E-state index in [0.717, 1.165) is 24.3 Å². The number of halogens is 5. The Morgan fingerprint density at radius 2 is 1.61 bits per heavy atom. The highest BCUT2D eigenvalue weighted by atomic mass is 32.1. The second-order valence-corrected chi connectivity index (χ2v) is 7.29. The predicted octanol–water partition coefficient (Wildman–Crippen LogP) is 3.31. The molecule has 1 aliphatic heterocycles. The van der Waals surface area contributed by atoms with E-state index >= 15 is 0 Å². The zero-order valence-corrected chi connectivity index (χ0v) is 16.9. The van der Waals surface area contributed by atoms with Gasteiger partial charge in [-0.3, -0.25) is 23.9 Å². The van der Waals surface area contributed by atoms with Gasteiger partial charge in [0.05, 0.1) is 11.3 Å². The van der Waals surface area contributed by atoms with Crippen molar-refractivity contribution < 1.29 is 31.5 Å². The number of nitrogens with zero attached hydrogens (tertiary/aromatic N) is 1. The Labute approximate surface area is 185 Å². The summed E-state index contributed by atoms with van der Waals surface area (Å²) in [6.45, 7) is 0. The van der Waals surface area contributed by atoms with Crippen LogP contribution < -0.4 is 16.2 Å². The van der Waals surface area contributed by atoms with Gasteiger partial charge in [-0.1, -0.05) is 24.3 Å². The van der Waals surface area contributed by atoms with Crippen LogP contribution in [0.5, 0.6) is 0 Å². The zero-order valence-electron chi connectivity index (χ0n) is 16.1. The first kappa shape index (κ1) is 22.3. The molecule has 1 aromatic heterocycles. The van der Waals surface area contributed by atoms with Crippen molar-refractivity contribution >= 4 is 29.9 Å². The molecule has 7 nitrogen and oxygen atoms in total. The van der Waals surface area contributed by atoms with Crippen LogP contribution in [0.4, 0.5) is 27.8 Å². The number of para-hydroxylation sites is 1. The molecule has 0 spiro atoms. The number of rotatable bonds is 3. The molecular weight excluding hydrogens is 471 g/mol. The summed E-state index contributed by atoms with van der Waals surface area (Å²) >= 11 is 4.98. The number of fused-ring (bicyclic) bond motifs is 1. The van der Waals surface area contributed by atoms with E-state index in [1.54, 1.807) is 0 Å². The molecule has 3 N–H and O–H groups in total. The first-order chi connectivity index (χ1) is 15.5. The monoisotopic (exact) mass is 482 g/mol. The molecule has 0 radical (unpaired) electrons. The summed E-state index contributed by atoms with van der Waals surface area (Å²) in [7, 11) is 0. The lowest BCUT2D eigenvalue weighted by molar-refractivity contribution is -0.196. The molecule has 0 saturated heterocycles. The molecule has 4 rings (SSSR count). The Hall–Kier alpha value is -3.87. The van der Waals surface area contributed by atoms with Crippen molar-refractivity contribution in [3.8, 4) is 5.69 Å². The average molecular weight is 482 g/mol. The van der Waals surface area contributed by atoms with Crippen LogP contribution in [0.3, 0.4) is 0 Å². The van der Waals surface area contributed by atoms with E-state index in [2.05, 4.69) is 0 Å². The smallest absolute Gasteiger partial charge is 0.326 e. The molecule has 0 bridgehead atoms. The molecule has 13 heteroatoms. The minimum absolute atomic E-state index is 0.367. The molecule has 0 saturated carbocycles. The maximum atomic E-state index is 14.4. The van der Waals surface area contributed by atoms with Gasteiger partial charge in [-0.15, -0.1) is 0 Å². The second-order valence-electron chi connectivity index (χ2n) is 6.91. The van der Waals surface area contributed by atoms with Crippen LogP contribution in [-0.2, 0) is 10.3 Å². The zero-order chi connectivity index (χ0) is 24.1. The number of anilines is 1. The number of H-pyrrole nitrogens is 1. The lowest BCUT2D eigenvalue weighted by atomic mass is 9.91. The van der Waals surface area contributed by atoms with Crippen molar-refractivity contribution in [3.05, 3.63) is 86.4 Å². The predicted molar refractivity (Wildman–Crippen MR) is 107 cm³/mol. The van der Waals surface area contributed by atoms with Gasteiger partial charge >= 0.3 is 6.18 Å². The molecule has 1 unspecified atom stereocenters. The second kappa shape index (κ2) is 7.62. The number of hydrogen-bond donors (Lipinski definition) is 3. The molecule has 33 heavy (non-hydrogen) atoms. The van der Waals surface area contributed by atoms with Crippen LogP contribution in [0.1, 0.15) is 15.9 Å². The van der Waals surface area contributed by atoms with Crippen LogP contribution in [0, 0.1) is 16.4 Å². The fourth-order valence-electron chi connectivity index (χ4n) is 3.52. The molecule has 1 aliphatic rings. The molecule has 0 fully saturated rings. The highest BCUT2D eigenvalue weighted by Crippen LogP contribution is 2.46. The van der Waals surface area contributed by atoms with Crippen LogP contribution in [0.2, 0.25) is 0 Å². The molecule has 2 heterocycles. The van der Waals surface area contributed by atoms with E-state index in [9.17, 15) is 36.3 Å². The molecule has 0 aliphatic carbocycles. The van der Waals surface area contributed by atoms with E-state index in [1.807, 2.05) is 10.3 Å². The number of carbonyl (C=O) groups excluding carboxylic acids is 2. The summed E-state index contributed by atoms with van der Waals surface area (Å²) in [6.07, 6.45) is -5.56. The van der Waals surface area contributed by atoms with Gasteiger partial charge in [-0.25, -0.2) is 8.78 Å². The third kappa shape index (κ3) is 3.31. The molecule has 170 valence electrons. The van der Waals surface area contributed by atoms with E-state index in [-0.39, 0.29) is 5.69 Å². The van der Waals surface area contributed by atoms with Gasteiger partial charge in [0.2, 0.25) is 0 Å². The SMILES string of the molecule is O=C(NC1(C(F)(F)F)C(=O)Nc2c1c(=O)[nH]c(=S)n2-c1ccccc1F)c1ccccc1F. The lowest BCUT2D eigenvalue weighted by Crippen LogP contribution is -2.61. The summed E-state index contributed by atoms with van der Waals surface area (Å²) in [5.74, 6) is -6.32. The van der Waals surface area contributed by atoms with Crippen LogP contribution in [-0.4, -0.2) is 27.5 Å². The fourth-order valence-corrected chi connectivity index (χ4v) is 3.81. The minimum atomic E-state index is -5.56. The highest BCUT2D eigenvalue weighted by molar-refractivity contribution is 7.71. The summed E-state index contributed by atoms with van der Waals surface area (Å²) in [6, 6.07) is 8.94. The molecular formula is C20H11F5N4O3S. The minimum Gasteiger partial charge on any atom is -0.326 e. The number of carbonyl (C=O) groups is 2. The van der Waals surface area contributed by atoms with Crippen molar-refractivity contribution in [3.63, 3.8) is 0 Å². The number of hydrogen-bond acceptors (Lipinski definition) is 4. The topological polar surface area (TPSA) is 96.0 Å². The Morgan fingerprint density at radius 1 is 1.00 bits per heavy atom. The van der Waals surface area contributed by atoms with Crippen molar-refractivity contribution in [2.24, 2.45) is 0 Å². The van der Waals surface area contributed by atoms with Crippen molar-refractivity contribution in [2.45, 2.75) is 11.7 Å². The van der Waals surface area contributed by atoms with Crippen molar-refractivity contribution in [2.75, 3.05) is 5.32 Å². The quantitative estimate of drug-likeness (QED) is 0.394. The number of amides is 2. The number of alkyl halides is 3. The standard InChI is InChI=1S/C20H11F5N4O3S/c21-10-6-2-1-5-9(10)15(30)28-19(20(23,24)25)13-14(26-17(19)32)29(18(33)27-16(13)31)12-8-4-3-7-11(12)22/h1-8H,(H,26,32)(H,28,30)(H,27,31,33). The summed E-state index contributed by atoms with van der Waals surface area (Å²) < 4.78 is 71.8. The van der Waals surface area contributed by atoms with Crippen LogP contribution >= 0.6 is 12.2 Å². The van der Waals surface area contributed by atoms with E-state index in [0.29, 0.717) is 4.57 Å². The molecule has 2 amide bonds. The lowest BCUT2D eigenvalue weighted by Gasteiger charge is -2.30. The van der Waals surface area contributed by atoms with Gasteiger partial charge in [-0.05, 0) is 36.5 Å². The summed E-state index contributed by atoms with van der Waals surface area (Å²) in [4.78, 5) is 40.0. The Bertz CT molecular complexity index is 1430. The maximum absolute atomic E-state index is 14.4. The van der Waals surface area contributed by atoms with Gasteiger partial charge in [-0.2, -0.15) is 13.2 Å². The molecule has 2 aromatic carbocycles. The van der Waals surface area contributed by atoms with E-state index < -0.39 is 62.4 Å². The van der Waals surface area contributed by atoms with Crippen molar-refractivity contribution in [1.29, 1.82) is 0 Å². The third-order valence-electron chi connectivity index (χ3n) is 5.00. The van der Waals surface area contributed by atoms with Gasteiger partial charge in [0.15, 0.2) is 4.77 Å². The average Bonchev–Trinajstić information content (AvgIpc) is 3.02. The van der Waals surface area contributed by atoms with Crippen LogP contribution in [0.15, 0.2) is 53.3 Å². The third-order valence-corrected chi connectivity index (χ3v) is 5.28. The molecule has 3 aromatic rings. The largest absolute Gasteiger partial charge is 0.425 e. The van der Waals surface area contributed by atoms with E-state index in [1.165, 1.54) is 29.6 Å².